The van der Waals surface area contributed by atoms with E-state index in [0.717, 1.165) is 17.7 Å². The maximum Gasteiger partial charge on any atom is 0.328 e. The third kappa shape index (κ3) is 3.61. The lowest BCUT2D eigenvalue weighted by molar-refractivity contribution is -0.144. The van der Waals surface area contributed by atoms with E-state index in [1.54, 1.807) is 4.90 Å². The van der Waals surface area contributed by atoms with Gasteiger partial charge in [0.05, 0.1) is 6.54 Å². The first-order chi connectivity index (χ1) is 9.99. The molecule has 0 saturated carbocycles. The molecule has 0 aromatic rings. The Morgan fingerprint density at radius 1 is 1.29 bits per heavy atom. The molecule has 2 aliphatic rings. The molecular weight excluding hydrogens is 280 g/mol. The number of carboxylic acids is 1. The molecule has 3 N–H and O–H groups in total. The van der Waals surface area contributed by atoms with Crippen LogP contribution in [-0.2, 0) is 14.4 Å². The van der Waals surface area contributed by atoms with Crippen molar-refractivity contribution in [1.82, 2.24) is 20.4 Å². The summed E-state index contributed by atoms with van der Waals surface area (Å²) < 4.78 is 0. The van der Waals surface area contributed by atoms with Gasteiger partial charge in [-0.2, -0.15) is 0 Å². The summed E-state index contributed by atoms with van der Waals surface area (Å²) >= 11 is 0. The highest BCUT2D eigenvalue weighted by Gasteiger charge is 2.35. The number of likely N-dealkylation sites (tertiary alicyclic amines) is 1. The number of hydrogen-bond acceptors (Lipinski definition) is 4. The van der Waals surface area contributed by atoms with Gasteiger partial charge in [-0.25, -0.2) is 9.59 Å². The van der Waals surface area contributed by atoms with E-state index >= 15 is 0 Å². The summed E-state index contributed by atoms with van der Waals surface area (Å²) in [6, 6.07) is -1.84. The van der Waals surface area contributed by atoms with Crippen LogP contribution in [0.3, 0.4) is 0 Å². The van der Waals surface area contributed by atoms with E-state index in [-0.39, 0.29) is 25.5 Å². The predicted octanol–water partition coefficient (Wildman–Crippen LogP) is -1.80. The third-order valence-corrected chi connectivity index (χ3v) is 3.58. The molecule has 2 aliphatic heterocycles. The molecule has 2 saturated heterocycles. The number of urea groups is 1. The molecule has 9 heteroatoms. The second kappa shape index (κ2) is 6.42. The molecular formula is C12H18N4O5. The third-order valence-electron chi connectivity index (χ3n) is 3.58. The molecule has 2 rings (SSSR count). The Kier molecular flexibility index (Phi) is 4.61. The SMILES string of the molecule is O=C1CN(C(=O)NCC(=O)N2CCCC2)C(C(=O)O)CN1. The average Bonchev–Trinajstić information content (AvgIpc) is 2.98. The number of carboxylic acid groups (broad SMARTS) is 1. The molecule has 0 aromatic carbocycles. The van der Waals surface area contributed by atoms with Crippen LogP contribution >= 0.6 is 0 Å². The predicted molar refractivity (Wildman–Crippen MR) is 70.4 cm³/mol. The average molecular weight is 298 g/mol. The number of amides is 4. The van der Waals surface area contributed by atoms with Crippen LogP contribution in [0, 0.1) is 0 Å². The van der Waals surface area contributed by atoms with Gasteiger partial charge in [0.25, 0.3) is 0 Å². The second-order valence-corrected chi connectivity index (χ2v) is 5.03. The highest BCUT2D eigenvalue weighted by molar-refractivity contribution is 5.92. The van der Waals surface area contributed by atoms with Crippen LogP contribution in [0.25, 0.3) is 0 Å². The number of nitrogens with one attached hydrogen (secondary N) is 2. The fraction of sp³-hybridized carbons (Fsp3) is 0.667. The lowest BCUT2D eigenvalue weighted by Crippen LogP contribution is -2.61. The quantitative estimate of drug-likeness (QED) is 0.568. The first-order valence-corrected chi connectivity index (χ1v) is 6.81. The number of aliphatic carboxylic acids is 1. The van der Waals surface area contributed by atoms with Crippen molar-refractivity contribution < 1.29 is 24.3 Å². The van der Waals surface area contributed by atoms with E-state index < -0.39 is 23.9 Å². The van der Waals surface area contributed by atoms with Crippen molar-refractivity contribution in [3.05, 3.63) is 0 Å². The molecule has 1 unspecified atom stereocenters. The Labute approximate surface area is 121 Å². The number of piperazine rings is 1. The van der Waals surface area contributed by atoms with E-state index in [4.69, 9.17) is 5.11 Å². The van der Waals surface area contributed by atoms with Gasteiger partial charge in [-0.1, -0.05) is 0 Å². The van der Waals surface area contributed by atoms with Gasteiger partial charge in [-0.3, -0.25) is 14.5 Å². The minimum absolute atomic E-state index is 0.137. The van der Waals surface area contributed by atoms with Gasteiger partial charge >= 0.3 is 12.0 Å². The maximum absolute atomic E-state index is 12.0. The number of nitrogens with zero attached hydrogens (tertiary/aromatic N) is 2. The smallest absolute Gasteiger partial charge is 0.328 e. The summed E-state index contributed by atoms with van der Waals surface area (Å²) in [7, 11) is 0. The van der Waals surface area contributed by atoms with Crippen molar-refractivity contribution in [2.24, 2.45) is 0 Å². The van der Waals surface area contributed by atoms with Gasteiger partial charge in [-0.15, -0.1) is 0 Å². The van der Waals surface area contributed by atoms with Crippen molar-refractivity contribution in [2.75, 3.05) is 32.7 Å². The zero-order valence-corrected chi connectivity index (χ0v) is 11.5. The fourth-order valence-electron chi connectivity index (χ4n) is 2.41. The molecule has 0 bridgehead atoms. The van der Waals surface area contributed by atoms with Crippen LogP contribution < -0.4 is 10.6 Å². The molecule has 0 aliphatic carbocycles. The van der Waals surface area contributed by atoms with Crippen molar-refractivity contribution in [2.45, 2.75) is 18.9 Å². The summed E-state index contributed by atoms with van der Waals surface area (Å²) in [5.41, 5.74) is 0. The van der Waals surface area contributed by atoms with E-state index in [2.05, 4.69) is 10.6 Å². The van der Waals surface area contributed by atoms with Crippen LogP contribution in [-0.4, -0.2) is 77.5 Å². The van der Waals surface area contributed by atoms with E-state index in [1.807, 2.05) is 0 Å². The Hall–Kier alpha value is -2.32. The van der Waals surface area contributed by atoms with Gasteiger partial charge < -0.3 is 20.6 Å². The molecule has 2 heterocycles. The molecule has 116 valence electrons. The molecule has 9 nitrogen and oxygen atoms in total. The number of rotatable bonds is 3. The van der Waals surface area contributed by atoms with Crippen molar-refractivity contribution in [3.8, 4) is 0 Å². The summed E-state index contributed by atoms with van der Waals surface area (Å²) in [5.74, 6) is -1.82. The lowest BCUT2D eigenvalue weighted by Gasteiger charge is -2.32. The lowest BCUT2D eigenvalue weighted by atomic mass is 10.2. The largest absolute Gasteiger partial charge is 0.480 e. The maximum atomic E-state index is 12.0. The molecule has 21 heavy (non-hydrogen) atoms. The molecule has 0 aromatic heterocycles. The van der Waals surface area contributed by atoms with Crippen molar-refractivity contribution in [3.63, 3.8) is 0 Å². The Morgan fingerprint density at radius 2 is 1.95 bits per heavy atom. The first-order valence-electron chi connectivity index (χ1n) is 6.81. The molecule has 2 fully saturated rings. The fourth-order valence-corrected chi connectivity index (χ4v) is 2.41. The van der Waals surface area contributed by atoms with E-state index in [9.17, 15) is 19.2 Å². The van der Waals surface area contributed by atoms with Crippen LogP contribution in [0.4, 0.5) is 4.79 Å². The van der Waals surface area contributed by atoms with Crippen molar-refractivity contribution >= 4 is 23.8 Å². The van der Waals surface area contributed by atoms with Gasteiger partial charge in [0.2, 0.25) is 11.8 Å². The normalized spacial score (nSPS) is 21.9. The highest BCUT2D eigenvalue weighted by atomic mass is 16.4. The zero-order valence-electron chi connectivity index (χ0n) is 11.5. The van der Waals surface area contributed by atoms with E-state index in [0.29, 0.717) is 13.1 Å². The van der Waals surface area contributed by atoms with E-state index in [1.165, 1.54) is 0 Å². The summed E-state index contributed by atoms with van der Waals surface area (Å²) in [5, 5.41) is 13.8. The van der Waals surface area contributed by atoms with Gasteiger partial charge in [-0.05, 0) is 12.8 Å². The number of carbonyl (C=O) groups excluding carboxylic acids is 3. The Bertz CT molecular complexity index is 461. The highest BCUT2D eigenvalue weighted by Crippen LogP contribution is 2.08. The minimum atomic E-state index is -1.20. The molecule has 1 atom stereocenters. The molecule has 0 spiro atoms. The first kappa shape index (κ1) is 15.1. The summed E-state index contributed by atoms with van der Waals surface area (Å²) in [4.78, 5) is 48.7. The minimum Gasteiger partial charge on any atom is -0.480 e. The van der Waals surface area contributed by atoms with Gasteiger partial charge in [0.1, 0.15) is 12.6 Å². The molecule has 0 radical (unpaired) electrons. The van der Waals surface area contributed by atoms with Crippen molar-refractivity contribution in [1.29, 1.82) is 0 Å². The number of hydrogen-bond donors (Lipinski definition) is 3. The monoisotopic (exact) mass is 298 g/mol. The molecule has 4 amide bonds. The van der Waals surface area contributed by atoms with Crippen LogP contribution in [0.2, 0.25) is 0 Å². The Balaban J connectivity index is 1.89. The standard InChI is InChI=1S/C12H18N4O5/c17-9-7-16(8(5-13-9)11(19)20)12(21)14-6-10(18)15-3-1-2-4-15/h8H,1-7H2,(H,13,17)(H,14,21)(H,19,20). The Morgan fingerprint density at radius 3 is 2.57 bits per heavy atom. The zero-order chi connectivity index (χ0) is 15.4. The summed E-state index contributed by atoms with van der Waals surface area (Å²) in [6.07, 6.45) is 1.90. The van der Waals surface area contributed by atoms with Crippen LogP contribution in [0.1, 0.15) is 12.8 Å². The topological polar surface area (TPSA) is 119 Å². The number of carbonyl (C=O) groups is 4. The summed E-state index contributed by atoms with van der Waals surface area (Å²) in [6.45, 7) is 0.697. The second-order valence-electron chi connectivity index (χ2n) is 5.03. The van der Waals surface area contributed by atoms with Gasteiger partial charge in [0.15, 0.2) is 0 Å². The van der Waals surface area contributed by atoms with Gasteiger partial charge in [0, 0.05) is 19.6 Å². The van der Waals surface area contributed by atoms with Crippen LogP contribution in [0.5, 0.6) is 0 Å². The van der Waals surface area contributed by atoms with Crippen LogP contribution in [0.15, 0.2) is 0 Å².